The second kappa shape index (κ2) is 7.19. The summed E-state index contributed by atoms with van der Waals surface area (Å²) in [6, 6.07) is 5.92. The number of thiocarbonyl (C=S) groups is 1. The van der Waals surface area contributed by atoms with Gasteiger partial charge in [0.05, 0.1) is 0 Å². The number of benzene rings is 1. The van der Waals surface area contributed by atoms with Gasteiger partial charge in [-0.05, 0) is 36.3 Å². The van der Waals surface area contributed by atoms with Crippen LogP contribution in [0.1, 0.15) is 31.7 Å². The van der Waals surface area contributed by atoms with Crippen LogP contribution in [0.5, 0.6) is 11.5 Å². The Hall–Kier alpha value is -1.49. The maximum atomic E-state index is 5.34. The standard InChI is InChI=1S/C14H20N2O2S/c1-2-3-4-7-15-14(19)16-9-11-5-6-12-13(8-11)18-10-17-12/h5-6,8H,2-4,7,9-10H2,1H3,(H2,15,16,19). The predicted octanol–water partition coefficient (Wildman–Crippen LogP) is 2.57. The normalized spacial score (nSPS) is 12.3. The van der Waals surface area contributed by atoms with Crippen LogP contribution in [-0.4, -0.2) is 18.5 Å². The minimum absolute atomic E-state index is 0.309. The van der Waals surface area contributed by atoms with Gasteiger partial charge in [0.2, 0.25) is 6.79 Å². The molecular weight excluding hydrogens is 260 g/mol. The number of ether oxygens (including phenoxy) is 2. The van der Waals surface area contributed by atoms with Crippen molar-refractivity contribution in [1.29, 1.82) is 0 Å². The molecule has 5 heteroatoms. The molecule has 0 aromatic heterocycles. The first-order valence-electron chi connectivity index (χ1n) is 6.70. The van der Waals surface area contributed by atoms with Crippen molar-refractivity contribution in [2.75, 3.05) is 13.3 Å². The van der Waals surface area contributed by atoms with Crippen LogP contribution >= 0.6 is 12.2 Å². The van der Waals surface area contributed by atoms with Crippen LogP contribution in [0.15, 0.2) is 18.2 Å². The Morgan fingerprint density at radius 3 is 2.89 bits per heavy atom. The summed E-state index contributed by atoms with van der Waals surface area (Å²) in [7, 11) is 0. The zero-order valence-corrected chi connectivity index (χ0v) is 12.0. The monoisotopic (exact) mass is 280 g/mol. The number of rotatable bonds is 6. The molecule has 1 aromatic rings. The summed E-state index contributed by atoms with van der Waals surface area (Å²) in [5, 5.41) is 7.10. The van der Waals surface area contributed by atoms with Crippen LogP contribution in [-0.2, 0) is 6.54 Å². The van der Waals surface area contributed by atoms with Gasteiger partial charge in [0.1, 0.15) is 0 Å². The second-order valence-electron chi connectivity index (χ2n) is 4.50. The molecular formula is C14H20N2O2S. The Morgan fingerprint density at radius 1 is 1.21 bits per heavy atom. The Bertz CT molecular complexity index is 437. The lowest BCUT2D eigenvalue weighted by Gasteiger charge is -2.10. The number of nitrogens with one attached hydrogen (secondary N) is 2. The third kappa shape index (κ3) is 4.28. The highest BCUT2D eigenvalue weighted by Crippen LogP contribution is 2.32. The minimum Gasteiger partial charge on any atom is -0.454 e. The average Bonchev–Trinajstić information content (AvgIpc) is 2.89. The maximum Gasteiger partial charge on any atom is 0.231 e. The molecule has 0 aliphatic carbocycles. The molecule has 4 nitrogen and oxygen atoms in total. The largest absolute Gasteiger partial charge is 0.454 e. The van der Waals surface area contributed by atoms with Crippen LogP contribution in [0.25, 0.3) is 0 Å². The number of hydrogen-bond acceptors (Lipinski definition) is 3. The molecule has 2 N–H and O–H groups in total. The van der Waals surface area contributed by atoms with Gasteiger partial charge >= 0.3 is 0 Å². The van der Waals surface area contributed by atoms with Crippen LogP contribution in [0.2, 0.25) is 0 Å². The summed E-state index contributed by atoms with van der Waals surface area (Å²) in [6.45, 7) is 4.12. The molecule has 0 spiro atoms. The van der Waals surface area contributed by atoms with Gasteiger partial charge < -0.3 is 20.1 Å². The van der Waals surface area contributed by atoms with E-state index in [2.05, 4.69) is 17.6 Å². The molecule has 0 bridgehead atoms. The van der Waals surface area contributed by atoms with Gasteiger partial charge in [-0.2, -0.15) is 0 Å². The van der Waals surface area contributed by atoms with Gasteiger partial charge in [-0.25, -0.2) is 0 Å². The van der Waals surface area contributed by atoms with Crippen molar-refractivity contribution >= 4 is 17.3 Å². The van der Waals surface area contributed by atoms with Gasteiger partial charge in [0.25, 0.3) is 0 Å². The molecule has 1 aliphatic heterocycles. The highest BCUT2D eigenvalue weighted by molar-refractivity contribution is 7.80. The summed E-state index contributed by atoms with van der Waals surface area (Å²) in [6.07, 6.45) is 3.61. The summed E-state index contributed by atoms with van der Waals surface area (Å²) in [5.41, 5.74) is 1.13. The Morgan fingerprint density at radius 2 is 2.05 bits per heavy atom. The van der Waals surface area contributed by atoms with Crippen molar-refractivity contribution in [2.45, 2.75) is 32.7 Å². The van der Waals surface area contributed by atoms with Crippen molar-refractivity contribution in [3.8, 4) is 11.5 Å². The molecule has 19 heavy (non-hydrogen) atoms. The molecule has 0 fully saturated rings. The van der Waals surface area contributed by atoms with E-state index in [0.717, 1.165) is 30.0 Å². The fourth-order valence-electron chi connectivity index (χ4n) is 1.87. The summed E-state index contributed by atoms with van der Waals surface area (Å²) < 4.78 is 10.6. The third-order valence-corrected chi connectivity index (χ3v) is 3.24. The summed E-state index contributed by atoms with van der Waals surface area (Å²) in [4.78, 5) is 0. The van der Waals surface area contributed by atoms with E-state index in [1.807, 2.05) is 18.2 Å². The first-order valence-corrected chi connectivity index (χ1v) is 7.10. The van der Waals surface area contributed by atoms with Crippen molar-refractivity contribution in [3.05, 3.63) is 23.8 Å². The quantitative estimate of drug-likeness (QED) is 0.619. The minimum atomic E-state index is 0.309. The molecule has 2 rings (SSSR count). The van der Waals surface area contributed by atoms with Crippen molar-refractivity contribution in [1.82, 2.24) is 10.6 Å². The fraction of sp³-hybridized carbons (Fsp3) is 0.500. The first-order chi connectivity index (χ1) is 9.29. The molecule has 0 unspecified atom stereocenters. The summed E-state index contributed by atoms with van der Waals surface area (Å²) >= 11 is 5.22. The van der Waals surface area contributed by atoms with Gasteiger partial charge in [0, 0.05) is 13.1 Å². The summed E-state index contributed by atoms with van der Waals surface area (Å²) in [5.74, 6) is 1.62. The molecule has 104 valence electrons. The van der Waals surface area contributed by atoms with Crippen LogP contribution in [0, 0.1) is 0 Å². The van der Waals surface area contributed by atoms with Crippen LogP contribution in [0.3, 0.4) is 0 Å². The van der Waals surface area contributed by atoms with Gasteiger partial charge in [0.15, 0.2) is 16.6 Å². The Labute approximate surface area is 119 Å². The van der Waals surface area contributed by atoms with Crippen molar-refractivity contribution in [2.24, 2.45) is 0 Å². The molecule has 0 saturated carbocycles. The van der Waals surface area contributed by atoms with Gasteiger partial charge in [-0.15, -0.1) is 0 Å². The SMILES string of the molecule is CCCCCNC(=S)NCc1ccc2c(c1)OCO2. The fourth-order valence-corrected chi connectivity index (χ4v) is 2.05. The molecule has 0 atom stereocenters. The van der Waals surface area contributed by atoms with Crippen molar-refractivity contribution in [3.63, 3.8) is 0 Å². The van der Waals surface area contributed by atoms with E-state index in [1.54, 1.807) is 0 Å². The zero-order chi connectivity index (χ0) is 13.5. The molecule has 1 aromatic carbocycles. The van der Waals surface area contributed by atoms with E-state index in [1.165, 1.54) is 12.8 Å². The van der Waals surface area contributed by atoms with E-state index < -0.39 is 0 Å². The van der Waals surface area contributed by atoms with Gasteiger partial charge in [-0.3, -0.25) is 0 Å². The molecule has 0 amide bonds. The van der Waals surface area contributed by atoms with E-state index in [9.17, 15) is 0 Å². The smallest absolute Gasteiger partial charge is 0.231 e. The lowest BCUT2D eigenvalue weighted by molar-refractivity contribution is 0.174. The van der Waals surface area contributed by atoms with Crippen LogP contribution in [0.4, 0.5) is 0 Å². The molecule has 1 aliphatic rings. The maximum absolute atomic E-state index is 5.34. The molecule has 1 heterocycles. The lowest BCUT2D eigenvalue weighted by Crippen LogP contribution is -2.35. The topological polar surface area (TPSA) is 42.5 Å². The predicted molar refractivity (Wildman–Crippen MR) is 79.5 cm³/mol. The lowest BCUT2D eigenvalue weighted by atomic mass is 10.2. The van der Waals surface area contributed by atoms with E-state index in [4.69, 9.17) is 21.7 Å². The number of hydrogen-bond donors (Lipinski definition) is 2. The van der Waals surface area contributed by atoms with E-state index >= 15 is 0 Å². The van der Waals surface area contributed by atoms with Crippen molar-refractivity contribution < 1.29 is 9.47 Å². The molecule has 0 saturated heterocycles. The first kappa shape index (κ1) is 13.9. The number of fused-ring (bicyclic) bond motifs is 1. The van der Waals surface area contributed by atoms with E-state index in [-0.39, 0.29) is 0 Å². The highest BCUT2D eigenvalue weighted by atomic mass is 32.1. The Kier molecular flexibility index (Phi) is 5.27. The number of unbranched alkanes of at least 4 members (excludes halogenated alkanes) is 2. The van der Waals surface area contributed by atoms with Crippen LogP contribution < -0.4 is 20.1 Å². The molecule has 0 radical (unpaired) electrons. The van der Waals surface area contributed by atoms with Gasteiger partial charge in [-0.1, -0.05) is 25.8 Å². The second-order valence-corrected chi connectivity index (χ2v) is 4.91. The Balaban J connectivity index is 1.71. The van der Waals surface area contributed by atoms with E-state index in [0.29, 0.717) is 18.5 Å². The third-order valence-electron chi connectivity index (χ3n) is 2.96. The zero-order valence-electron chi connectivity index (χ0n) is 11.2. The average molecular weight is 280 g/mol. The highest BCUT2D eigenvalue weighted by Gasteiger charge is 2.12.